The van der Waals surface area contributed by atoms with Gasteiger partial charge in [-0.05, 0) is 87.1 Å². The molecule has 1 heterocycles. The fourth-order valence-corrected chi connectivity index (χ4v) is 6.56. The zero-order chi connectivity index (χ0) is 44.6. The van der Waals surface area contributed by atoms with E-state index < -0.39 is 57.6 Å². The van der Waals surface area contributed by atoms with E-state index in [4.69, 9.17) is 14.2 Å². The molecule has 0 spiro atoms. The quantitative estimate of drug-likeness (QED) is 0.0843. The maximum Gasteiger partial charge on any atom is 0.320 e. The van der Waals surface area contributed by atoms with Gasteiger partial charge in [0.05, 0.1) is 36.5 Å². The molecule has 1 unspecified atom stereocenters. The number of carbonyl (C=O) groups is 5. The number of ether oxygens (including phenoxy) is 3. The van der Waals surface area contributed by atoms with Crippen molar-refractivity contribution < 1.29 is 53.3 Å². The molecule has 0 aliphatic carbocycles. The lowest BCUT2D eigenvalue weighted by Gasteiger charge is -2.38. The van der Waals surface area contributed by atoms with E-state index in [0.717, 1.165) is 5.56 Å². The van der Waals surface area contributed by atoms with Crippen LogP contribution in [0.2, 0.25) is 0 Å². The molecule has 0 radical (unpaired) electrons. The van der Waals surface area contributed by atoms with Crippen LogP contribution in [0.4, 0.5) is 5.69 Å². The second-order valence-electron chi connectivity index (χ2n) is 18.0. The summed E-state index contributed by atoms with van der Waals surface area (Å²) in [6.07, 6.45) is 1.60. The molecule has 0 bridgehead atoms. The SMILES string of the molecule is CC(C)(C)OC(=O)CN1CCN(CC(=O)[O-])CCN(CC(=O)[O-])CCN(CC(CCCc2ccc([N+](=O)[O-])cc2)N(CC(=O)OC(C)(C)C)CC(=O)OC(C)(C)C)CC1. The van der Waals surface area contributed by atoms with Gasteiger partial charge in [0, 0.05) is 90.2 Å². The first-order valence-corrected chi connectivity index (χ1v) is 20.2. The second kappa shape index (κ2) is 23.5. The number of aliphatic carboxylic acids is 2. The number of nitrogens with zero attached hydrogens (tertiary/aromatic N) is 6. The molecule has 0 N–H and O–H groups in total. The Morgan fingerprint density at radius 1 is 0.627 bits per heavy atom. The second-order valence-corrected chi connectivity index (χ2v) is 18.0. The number of carboxylic acids is 2. The minimum atomic E-state index is -1.29. The van der Waals surface area contributed by atoms with E-state index in [-0.39, 0.29) is 64.6 Å². The van der Waals surface area contributed by atoms with E-state index >= 15 is 0 Å². The molecule has 2 rings (SSSR count). The number of hydrogen-bond donors (Lipinski definition) is 0. The summed E-state index contributed by atoms with van der Waals surface area (Å²) in [5, 5.41) is 34.7. The zero-order valence-corrected chi connectivity index (χ0v) is 36.5. The fourth-order valence-electron chi connectivity index (χ4n) is 6.56. The lowest BCUT2D eigenvalue weighted by Crippen LogP contribution is -2.53. The van der Waals surface area contributed by atoms with Crippen LogP contribution in [0.3, 0.4) is 0 Å². The maximum absolute atomic E-state index is 13.4. The largest absolute Gasteiger partial charge is 0.549 e. The standard InChI is InChI=1S/C41H68N6O12/c1-39(2,3)57-36(52)28-45-23-18-42(17-19-43(26-34(48)49)20-21-44(22-24-45)27-35(50)51)25-33(12-10-11-31-13-15-32(16-14-31)47(55)56)46(29-37(53)58-40(4,5)6)30-38(54)59-41(7,8)9/h13-16,33H,10-12,17-30H2,1-9H3,(H,48,49)(H,50,51)/p-2. The van der Waals surface area contributed by atoms with E-state index in [2.05, 4.69) is 4.90 Å². The molecule has 0 amide bonds. The van der Waals surface area contributed by atoms with E-state index in [1.54, 1.807) is 89.1 Å². The van der Waals surface area contributed by atoms with E-state index in [9.17, 15) is 44.3 Å². The highest BCUT2D eigenvalue weighted by Crippen LogP contribution is 2.19. The van der Waals surface area contributed by atoms with E-state index in [1.165, 1.54) is 12.1 Å². The number of carbonyl (C=O) groups excluding carboxylic acids is 5. The number of non-ortho nitro benzene ring substituents is 1. The summed E-state index contributed by atoms with van der Waals surface area (Å²) >= 11 is 0. The average Bonchev–Trinajstić information content (AvgIpc) is 3.05. The third-order valence-electron chi connectivity index (χ3n) is 9.05. The number of esters is 3. The number of aryl methyl sites for hydroxylation is 1. The Labute approximate surface area is 348 Å². The van der Waals surface area contributed by atoms with Crippen LogP contribution in [0.5, 0.6) is 0 Å². The Bertz CT molecular complexity index is 1510. The van der Waals surface area contributed by atoms with Gasteiger partial charge in [-0.3, -0.25) is 49.0 Å². The molecule has 1 saturated heterocycles. The number of benzene rings is 1. The highest BCUT2D eigenvalue weighted by Gasteiger charge is 2.30. The van der Waals surface area contributed by atoms with Gasteiger partial charge in [-0.2, -0.15) is 0 Å². The third-order valence-corrected chi connectivity index (χ3v) is 9.05. The Balaban J connectivity index is 2.56. The van der Waals surface area contributed by atoms with Gasteiger partial charge >= 0.3 is 17.9 Å². The van der Waals surface area contributed by atoms with Gasteiger partial charge in [0.15, 0.2) is 0 Å². The van der Waals surface area contributed by atoms with Crippen molar-refractivity contribution in [3.05, 3.63) is 39.9 Å². The Morgan fingerprint density at radius 3 is 1.37 bits per heavy atom. The van der Waals surface area contributed by atoms with Crippen molar-refractivity contribution in [2.75, 3.05) is 91.6 Å². The molecule has 18 nitrogen and oxygen atoms in total. The van der Waals surface area contributed by atoms with Gasteiger partial charge in [-0.15, -0.1) is 0 Å². The predicted octanol–water partition coefficient (Wildman–Crippen LogP) is 0.335. The van der Waals surface area contributed by atoms with Crippen molar-refractivity contribution >= 4 is 35.5 Å². The molecule has 334 valence electrons. The van der Waals surface area contributed by atoms with Crippen molar-refractivity contribution in [2.45, 2.75) is 104 Å². The van der Waals surface area contributed by atoms with Crippen molar-refractivity contribution in [3.8, 4) is 0 Å². The Morgan fingerprint density at radius 2 is 1.00 bits per heavy atom. The highest BCUT2D eigenvalue weighted by atomic mass is 16.6. The fraction of sp³-hybridized carbons (Fsp3) is 0.732. The highest BCUT2D eigenvalue weighted by molar-refractivity contribution is 5.75. The number of nitro groups is 1. The van der Waals surface area contributed by atoms with E-state index in [0.29, 0.717) is 52.0 Å². The smallest absolute Gasteiger partial charge is 0.320 e. The van der Waals surface area contributed by atoms with Gasteiger partial charge in [0.2, 0.25) is 0 Å². The van der Waals surface area contributed by atoms with Crippen LogP contribution in [0.15, 0.2) is 24.3 Å². The summed E-state index contributed by atoms with van der Waals surface area (Å²) in [6.45, 7) is 17.1. The summed E-state index contributed by atoms with van der Waals surface area (Å²) in [4.78, 5) is 83.1. The van der Waals surface area contributed by atoms with Crippen LogP contribution in [0.25, 0.3) is 0 Å². The monoisotopic (exact) mass is 834 g/mol. The van der Waals surface area contributed by atoms with Gasteiger partial charge in [0.1, 0.15) is 16.8 Å². The van der Waals surface area contributed by atoms with Crippen LogP contribution in [-0.2, 0) is 44.6 Å². The number of hydrogen-bond acceptors (Lipinski definition) is 17. The molecule has 0 aromatic heterocycles. The lowest BCUT2D eigenvalue weighted by molar-refractivity contribution is -0.384. The van der Waals surface area contributed by atoms with Crippen molar-refractivity contribution in [3.63, 3.8) is 0 Å². The molecule has 1 aliphatic rings. The first-order valence-electron chi connectivity index (χ1n) is 20.2. The van der Waals surface area contributed by atoms with E-state index in [1.807, 2.05) is 4.90 Å². The molecule has 18 heteroatoms. The lowest BCUT2D eigenvalue weighted by atomic mass is 10.0. The van der Waals surface area contributed by atoms with Crippen LogP contribution in [-0.4, -0.2) is 174 Å². The van der Waals surface area contributed by atoms with Gasteiger partial charge in [-0.25, -0.2) is 0 Å². The predicted molar refractivity (Wildman–Crippen MR) is 215 cm³/mol. The van der Waals surface area contributed by atoms with Crippen LogP contribution in [0, 0.1) is 10.1 Å². The third kappa shape index (κ3) is 23.2. The molecule has 1 atom stereocenters. The van der Waals surface area contributed by atoms with Crippen LogP contribution < -0.4 is 10.2 Å². The number of rotatable bonds is 18. The molecule has 1 aromatic rings. The minimum Gasteiger partial charge on any atom is -0.549 e. The van der Waals surface area contributed by atoms with Gasteiger partial charge < -0.3 is 34.0 Å². The van der Waals surface area contributed by atoms with Gasteiger partial charge in [-0.1, -0.05) is 12.1 Å². The first-order chi connectivity index (χ1) is 27.3. The maximum atomic E-state index is 13.4. The molecule has 1 fully saturated rings. The molecule has 1 aliphatic heterocycles. The van der Waals surface area contributed by atoms with Crippen LogP contribution >= 0.6 is 0 Å². The molecule has 0 saturated carbocycles. The summed E-state index contributed by atoms with van der Waals surface area (Å²) < 4.78 is 17.0. The summed E-state index contributed by atoms with van der Waals surface area (Å²) in [5.41, 5.74) is -1.48. The number of carboxylic acid groups (broad SMARTS) is 2. The topological polar surface area (TPSA) is 218 Å². The van der Waals surface area contributed by atoms with Crippen LogP contribution in [0.1, 0.15) is 80.7 Å². The summed E-state index contributed by atoms with van der Waals surface area (Å²) in [5.74, 6) is -4.11. The first kappa shape index (κ1) is 50.9. The van der Waals surface area contributed by atoms with Gasteiger partial charge in [0.25, 0.3) is 5.69 Å². The molecule has 59 heavy (non-hydrogen) atoms. The minimum absolute atomic E-state index is 0.0251. The normalized spacial score (nSPS) is 16.7. The summed E-state index contributed by atoms with van der Waals surface area (Å²) in [7, 11) is 0. The van der Waals surface area contributed by atoms with Crippen molar-refractivity contribution in [2.24, 2.45) is 0 Å². The Hall–Kier alpha value is -4.23. The molecule has 1 aromatic carbocycles. The van der Waals surface area contributed by atoms with Crippen molar-refractivity contribution in [1.82, 2.24) is 24.5 Å². The molecular weight excluding hydrogens is 768 g/mol. The van der Waals surface area contributed by atoms with Crippen molar-refractivity contribution in [1.29, 1.82) is 0 Å². The number of nitro benzene ring substituents is 1. The Kier molecular flexibility index (Phi) is 20.3. The zero-order valence-electron chi connectivity index (χ0n) is 36.5. The average molecular weight is 835 g/mol. The summed E-state index contributed by atoms with van der Waals surface area (Å²) in [6, 6.07) is 5.83. The molecular formula is C41H66N6O12-2.